The summed E-state index contributed by atoms with van der Waals surface area (Å²) in [7, 11) is 0. The standard InChI is InChI=1S/C20H20N4O/c21-10-8-18-17(20(22)25)13-19(24-18)15-9-11-23-16(12-15)7-6-14-4-2-1-3-5-14/h1-7,9,11-13,24H,8,10,21H2,(H2,22,25)/b7-6+. The Hall–Kier alpha value is -3.18. The molecule has 0 fully saturated rings. The first-order valence-corrected chi connectivity index (χ1v) is 8.08. The summed E-state index contributed by atoms with van der Waals surface area (Å²) in [6.07, 6.45) is 6.28. The number of hydrogen-bond donors (Lipinski definition) is 3. The average molecular weight is 332 g/mol. The second-order valence-electron chi connectivity index (χ2n) is 5.69. The van der Waals surface area contributed by atoms with E-state index in [0.29, 0.717) is 18.5 Å². The fourth-order valence-electron chi connectivity index (χ4n) is 2.67. The van der Waals surface area contributed by atoms with Crippen LogP contribution < -0.4 is 11.5 Å². The average Bonchev–Trinajstić information content (AvgIpc) is 3.06. The molecule has 1 amide bonds. The van der Waals surface area contributed by atoms with Crippen LogP contribution in [0, 0.1) is 0 Å². The molecule has 0 aliphatic rings. The van der Waals surface area contributed by atoms with Crippen molar-refractivity contribution >= 4 is 18.1 Å². The van der Waals surface area contributed by atoms with Gasteiger partial charge in [0, 0.05) is 29.6 Å². The molecule has 0 bridgehead atoms. The molecule has 5 nitrogen and oxygen atoms in total. The Labute approximate surface area is 146 Å². The summed E-state index contributed by atoms with van der Waals surface area (Å²) in [5.41, 5.74) is 16.0. The van der Waals surface area contributed by atoms with E-state index in [-0.39, 0.29) is 0 Å². The summed E-state index contributed by atoms with van der Waals surface area (Å²) in [6.45, 7) is 0.446. The molecule has 0 saturated heterocycles. The Kier molecular flexibility index (Phi) is 5.06. The van der Waals surface area contributed by atoms with E-state index in [4.69, 9.17) is 11.5 Å². The quantitative estimate of drug-likeness (QED) is 0.647. The lowest BCUT2D eigenvalue weighted by atomic mass is 10.1. The van der Waals surface area contributed by atoms with Crippen LogP contribution in [0.2, 0.25) is 0 Å². The Morgan fingerprint density at radius 3 is 2.64 bits per heavy atom. The van der Waals surface area contributed by atoms with Crippen LogP contribution in [0.5, 0.6) is 0 Å². The zero-order chi connectivity index (χ0) is 17.6. The lowest BCUT2D eigenvalue weighted by Crippen LogP contribution is -2.14. The van der Waals surface area contributed by atoms with Gasteiger partial charge in [0.25, 0.3) is 5.91 Å². The molecule has 2 aromatic heterocycles. The van der Waals surface area contributed by atoms with Crippen LogP contribution in [0.25, 0.3) is 23.4 Å². The number of carbonyl (C=O) groups is 1. The first kappa shape index (κ1) is 16.7. The van der Waals surface area contributed by atoms with Gasteiger partial charge < -0.3 is 16.5 Å². The van der Waals surface area contributed by atoms with E-state index in [9.17, 15) is 4.79 Å². The van der Waals surface area contributed by atoms with Crippen molar-refractivity contribution in [3.05, 3.63) is 77.2 Å². The van der Waals surface area contributed by atoms with Crippen LogP contribution in [0.3, 0.4) is 0 Å². The van der Waals surface area contributed by atoms with Gasteiger partial charge in [0.1, 0.15) is 0 Å². The van der Waals surface area contributed by atoms with Crippen molar-refractivity contribution < 1.29 is 4.79 Å². The number of H-pyrrole nitrogens is 1. The van der Waals surface area contributed by atoms with Crippen molar-refractivity contribution in [2.24, 2.45) is 11.5 Å². The number of primary amides is 1. The van der Waals surface area contributed by atoms with E-state index in [1.165, 1.54) is 0 Å². The maximum absolute atomic E-state index is 11.6. The molecule has 0 radical (unpaired) electrons. The van der Waals surface area contributed by atoms with Gasteiger partial charge >= 0.3 is 0 Å². The molecular weight excluding hydrogens is 312 g/mol. The van der Waals surface area contributed by atoms with Gasteiger partial charge in [-0.15, -0.1) is 0 Å². The van der Waals surface area contributed by atoms with Crippen molar-refractivity contribution in [2.45, 2.75) is 6.42 Å². The van der Waals surface area contributed by atoms with Crippen LogP contribution in [0.1, 0.15) is 27.3 Å². The summed E-state index contributed by atoms with van der Waals surface area (Å²) in [5.74, 6) is -0.454. The zero-order valence-electron chi connectivity index (χ0n) is 13.8. The minimum atomic E-state index is -0.454. The molecule has 1 aromatic carbocycles. The first-order chi connectivity index (χ1) is 12.2. The molecule has 25 heavy (non-hydrogen) atoms. The molecule has 2 heterocycles. The highest BCUT2D eigenvalue weighted by atomic mass is 16.1. The highest BCUT2D eigenvalue weighted by molar-refractivity contribution is 5.95. The van der Waals surface area contributed by atoms with E-state index in [1.54, 1.807) is 12.3 Å². The number of amides is 1. The number of carbonyl (C=O) groups excluding carboxylic acids is 1. The normalized spacial score (nSPS) is 11.1. The highest BCUT2D eigenvalue weighted by Gasteiger charge is 2.13. The van der Waals surface area contributed by atoms with Crippen LogP contribution in [-0.2, 0) is 6.42 Å². The molecule has 3 aromatic rings. The van der Waals surface area contributed by atoms with E-state index >= 15 is 0 Å². The number of rotatable bonds is 6. The molecule has 0 aliphatic heterocycles. The topological polar surface area (TPSA) is 97.8 Å². The predicted molar refractivity (Wildman–Crippen MR) is 101 cm³/mol. The van der Waals surface area contributed by atoms with Crippen LogP contribution in [0.15, 0.2) is 54.7 Å². The molecule has 0 spiro atoms. The lowest BCUT2D eigenvalue weighted by molar-refractivity contribution is 0.0999. The van der Waals surface area contributed by atoms with Gasteiger partial charge in [0.15, 0.2) is 0 Å². The fraction of sp³-hybridized carbons (Fsp3) is 0.100. The van der Waals surface area contributed by atoms with Gasteiger partial charge in [0.2, 0.25) is 0 Å². The van der Waals surface area contributed by atoms with Gasteiger partial charge in [-0.1, -0.05) is 36.4 Å². The molecule has 5 heteroatoms. The SMILES string of the molecule is NCCc1[nH]c(-c2ccnc(/C=C/c3ccccc3)c2)cc1C(N)=O. The Morgan fingerprint density at radius 1 is 1.12 bits per heavy atom. The van der Waals surface area contributed by atoms with Crippen molar-refractivity contribution in [3.8, 4) is 11.3 Å². The third-order valence-electron chi connectivity index (χ3n) is 3.90. The number of nitrogens with one attached hydrogen (secondary N) is 1. The van der Waals surface area contributed by atoms with Gasteiger partial charge in [-0.25, -0.2) is 0 Å². The molecule has 0 aliphatic carbocycles. The molecule has 126 valence electrons. The molecule has 3 rings (SSSR count). The number of aromatic nitrogens is 2. The summed E-state index contributed by atoms with van der Waals surface area (Å²) in [5, 5.41) is 0. The third-order valence-corrected chi connectivity index (χ3v) is 3.90. The van der Waals surface area contributed by atoms with Crippen LogP contribution >= 0.6 is 0 Å². The molecule has 0 atom stereocenters. The van der Waals surface area contributed by atoms with Crippen LogP contribution in [-0.4, -0.2) is 22.4 Å². The summed E-state index contributed by atoms with van der Waals surface area (Å²) >= 11 is 0. The number of aromatic amines is 1. The number of nitrogens with zero attached hydrogens (tertiary/aromatic N) is 1. The summed E-state index contributed by atoms with van der Waals surface area (Å²) in [6, 6.07) is 15.7. The molecule has 5 N–H and O–H groups in total. The predicted octanol–water partition coefficient (Wildman–Crippen LogP) is 2.85. The van der Waals surface area contributed by atoms with E-state index < -0.39 is 5.91 Å². The summed E-state index contributed by atoms with van der Waals surface area (Å²) < 4.78 is 0. The zero-order valence-corrected chi connectivity index (χ0v) is 13.8. The molecular formula is C20H20N4O. The minimum Gasteiger partial charge on any atom is -0.366 e. The van der Waals surface area contributed by atoms with Gasteiger partial charge in [-0.05, 0) is 36.4 Å². The second-order valence-corrected chi connectivity index (χ2v) is 5.69. The maximum Gasteiger partial charge on any atom is 0.250 e. The summed E-state index contributed by atoms with van der Waals surface area (Å²) in [4.78, 5) is 19.2. The van der Waals surface area contributed by atoms with E-state index in [1.807, 2.05) is 54.6 Å². The van der Waals surface area contributed by atoms with Crippen molar-refractivity contribution in [2.75, 3.05) is 6.54 Å². The Balaban J connectivity index is 1.90. The van der Waals surface area contributed by atoms with Gasteiger partial charge in [-0.3, -0.25) is 9.78 Å². The van der Waals surface area contributed by atoms with Gasteiger partial charge in [0.05, 0.1) is 11.3 Å². The number of hydrogen-bond acceptors (Lipinski definition) is 3. The second kappa shape index (κ2) is 7.59. The lowest BCUT2D eigenvalue weighted by Gasteiger charge is -2.00. The third kappa shape index (κ3) is 4.02. The Morgan fingerprint density at radius 2 is 1.92 bits per heavy atom. The van der Waals surface area contributed by atoms with Crippen molar-refractivity contribution in [1.82, 2.24) is 9.97 Å². The molecule has 0 saturated carbocycles. The van der Waals surface area contributed by atoms with E-state index in [0.717, 1.165) is 28.2 Å². The number of pyridine rings is 1. The first-order valence-electron chi connectivity index (χ1n) is 8.08. The smallest absolute Gasteiger partial charge is 0.250 e. The van der Waals surface area contributed by atoms with Gasteiger partial charge in [-0.2, -0.15) is 0 Å². The van der Waals surface area contributed by atoms with E-state index in [2.05, 4.69) is 9.97 Å². The fourth-order valence-corrected chi connectivity index (χ4v) is 2.67. The maximum atomic E-state index is 11.6. The highest BCUT2D eigenvalue weighted by Crippen LogP contribution is 2.23. The Bertz CT molecular complexity index is 897. The van der Waals surface area contributed by atoms with Crippen LogP contribution in [0.4, 0.5) is 0 Å². The monoisotopic (exact) mass is 332 g/mol. The minimum absolute atomic E-state index is 0.446. The van der Waals surface area contributed by atoms with Crippen molar-refractivity contribution in [1.29, 1.82) is 0 Å². The van der Waals surface area contributed by atoms with Crippen molar-refractivity contribution in [3.63, 3.8) is 0 Å². The number of nitrogens with two attached hydrogens (primary N) is 2. The largest absolute Gasteiger partial charge is 0.366 e. The number of benzene rings is 1. The molecule has 0 unspecified atom stereocenters.